The van der Waals surface area contributed by atoms with Crippen LogP contribution in [0.3, 0.4) is 0 Å². The summed E-state index contributed by atoms with van der Waals surface area (Å²) in [5, 5.41) is 9.80. The van der Waals surface area contributed by atoms with Gasteiger partial charge in [-0.3, -0.25) is 19.4 Å². The van der Waals surface area contributed by atoms with Crippen molar-refractivity contribution >= 4 is 35.7 Å². The van der Waals surface area contributed by atoms with Gasteiger partial charge in [-0.15, -0.1) is 0 Å². The molecule has 4 saturated heterocycles. The Morgan fingerprint density at radius 1 is 0.233 bits per heavy atom. The molecule has 0 atom stereocenters. The standard InChI is InChI=1S/C96H178N16O4/c1-23-29-59-103(60-30-24-2)83-97-85(105(63-33-27-5)75-67-89(7,8)109(90(9,10)68-75)113-79-51-41-37-42-52-79)101-87(99-83)107(77-71-93(15,16)111(94(17,18)72-77)115-81-55-45-39-46-56-81)65-49-35-36-50-66-108(78-73-95(19,20)112(96(21,22)74-78)116-82-57-47-40-48-58-82)88-100-84(104(61-31-25-3)62-32-26-4)98-86(102-88)106(64-34-28-6)76-69-91(11,12)110(92(13,14)70-76)114-80-53-43-38-44-54-80/h75-82H,23-74H2,1-22H3. The lowest BCUT2D eigenvalue weighted by molar-refractivity contribution is -0.310. The monoisotopic (exact) mass is 1620 g/mol. The van der Waals surface area contributed by atoms with Crippen LogP contribution in [0, 0.1) is 0 Å². The fourth-order valence-corrected chi connectivity index (χ4v) is 23.0. The van der Waals surface area contributed by atoms with E-state index in [0.717, 1.165) is 294 Å². The first kappa shape index (κ1) is 94.7. The van der Waals surface area contributed by atoms with Crippen molar-refractivity contribution in [2.45, 2.75) is 528 Å². The van der Waals surface area contributed by atoms with Gasteiger partial charge in [-0.1, -0.05) is 170 Å². The highest BCUT2D eigenvalue weighted by Crippen LogP contribution is 2.49. The van der Waals surface area contributed by atoms with Gasteiger partial charge in [0.25, 0.3) is 0 Å². The lowest BCUT2D eigenvalue weighted by Gasteiger charge is -2.57. The zero-order valence-corrected chi connectivity index (χ0v) is 79.2. The molecule has 6 heterocycles. The molecule has 8 aliphatic rings. The Morgan fingerprint density at radius 2 is 0.405 bits per heavy atom. The van der Waals surface area contributed by atoms with Crippen molar-refractivity contribution in [1.82, 2.24) is 50.2 Å². The lowest BCUT2D eigenvalue weighted by atomic mass is 9.78. The van der Waals surface area contributed by atoms with Crippen molar-refractivity contribution in [1.29, 1.82) is 0 Å². The Labute approximate surface area is 710 Å². The van der Waals surface area contributed by atoms with E-state index in [-0.39, 0.29) is 92.9 Å². The number of hydroxylamine groups is 8. The smallest absolute Gasteiger partial charge is 0.232 e. The predicted octanol–water partition coefficient (Wildman–Crippen LogP) is 23.1. The lowest BCUT2D eigenvalue weighted by Crippen LogP contribution is -2.65. The molecule has 8 fully saturated rings. The third-order valence-electron chi connectivity index (χ3n) is 28.2. The van der Waals surface area contributed by atoms with Gasteiger partial charge in [0.05, 0.1) is 24.4 Å². The van der Waals surface area contributed by atoms with Crippen LogP contribution in [0.15, 0.2) is 0 Å². The van der Waals surface area contributed by atoms with Crippen LogP contribution in [0.1, 0.15) is 435 Å². The van der Waals surface area contributed by atoms with Crippen LogP contribution in [-0.2, 0) is 19.4 Å². The van der Waals surface area contributed by atoms with Gasteiger partial charge in [0, 0.05) is 121 Å². The fourth-order valence-electron chi connectivity index (χ4n) is 23.0. The summed E-state index contributed by atoms with van der Waals surface area (Å²) < 4.78 is 0. The molecule has 666 valence electrons. The summed E-state index contributed by atoms with van der Waals surface area (Å²) in [7, 11) is 0. The second-order valence-electron chi connectivity index (χ2n) is 43.1. The first-order valence-corrected chi connectivity index (χ1v) is 49.2. The van der Waals surface area contributed by atoms with Crippen LogP contribution < -0.4 is 29.4 Å². The summed E-state index contributed by atoms with van der Waals surface area (Å²) in [6.07, 6.45) is 50.4. The number of aromatic nitrogens is 6. The third kappa shape index (κ3) is 25.2. The van der Waals surface area contributed by atoms with Gasteiger partial charge >= 0.3 is 0 Å². The fraction of sp³-hybridized carbons (Fsp3) is 0.938. The first-order chi connectivity index (χ1) is 55.2. The minimum absolute atomic E-state index is 0.157. The largest absolute Gasteiger partial charge is 0.341 e. The molecule has 20 heteroatoms. The second kappa shape index (κ2) is 42.7. The van der Waals surface area contributed by atoms with E-state index in [1.165, 1.54) is 77.0 Å². The third-order valence-corrected chi connectivity index (χ3v) is 28.2. The molecule has 20 nitrogen and oxygen atoms in total. The summed E-state index contributed by atoms with van der Waals surface area (Å²) in [6, 6.07) is 0.725. The number of rotatable bonds is 43. The van der Waals surface area contributed by atoms with E-state index in [4.69, 9.17) is 49.3 Å². The summed E-state index contributed by atoms with van der Waals surface area (Å²) in [4.78, 5) is 80.2. The molecule has 0 bridgehead atoms. The molecule has 0 aromatic carbocycles. The van der Waals surface area contributed by atoms with Gasteiger partial charge in [0.2, 0.25) is 35.7 Å². The van der Waals surface area contributed by atoms with Crippen LogP contribution in [0.2, 0.25) is 0 Å². The Hall–Kier alpha value is -3.50. The number of nitrogens with zero attached hydrogens (tertiary/aromatic N) is 16. The molecule has 0 N–H and O–H groups in total. The van der Waals surface area contributed by atoms with E-state index in [0.29, 0.717) is 0 Å². The molecule has 2 aromatic rings. The van der Waals surface area contributed by atoms with Crippen molar-refractivity contribution in [3.05, 3.63) is 0 Å². The molecule has 4 aliphatic heterocycles. The topological polar surface area (TPSA) is 147 Å². The van der Waals surface area contributed by atoms with Crippen molar-refractivity contribution in [3.63, 3.8) is 0 Å². The number of piperidine rings is 4. The summed E-state index contributed by atoms with van der Waals surface area (Å²) >= 11 is 0. The van der Waals surface area contributed by atoms with E-state index in [2.05, 4.69) is 202 Å². The van der Waals surface area contributed by atoms with E-state index >= 15 is 0 Å². The quantitative estimate of drug-likeness (QED) is 0.0579. The van der Waals surface area contributed by atoms with Gasteiger partial charge in [-0.05, 0) is 265 Å². The molecule has 2 aromatic heterocycles. The normalized spacial score (nSPS) is 23.7. The highest BCUT2D eigenvalue weighted by molar-refractivity contribution is 5.50. The van der Waals surface area contributed by atoms with E-state index < -0.39 is 0 Å². The maximum Gasteiger partial charge on any atom is 0.232 e. The van der Waals surface area contributed by atoms with E-state index in [1.807, 2.05) is 0 Å². The Bertz CT molecular complexity index is 2900. The van der Waals surface area contributed by atoms with Crippen molar-refractivity contribution in [2.24, 2.45) is 0 Å². The minimum atomic E-state index is -0.253. The molecule has 4 aliphatic carbocycles. The average molecular weight is 1620 g/mol. The molecule has 10 rings (SSSR count). The van der Waals surface area contributed by atoms with Crippen molar-refractivity contribution in [2.75, 3.05) is 81.8 Å². The Morgan fingerprint density at radius 3 is 0.595 bits per heavy atom. The molecule has 0 spiro atoms. The van der Waals surface area contributed by atoms with Crippen molar-refractivity contribution < 1.29 is 19.4 Å². The maximum atomic E-state index is 7.30. The SMILES string of the molecule is CCCCN(CCCC)c1nc(N(CCCC)C2CC(C)(C)N(OC3CCCCC3)C(C)(C)C2)nc(N(CCCCCCN(c2nc(N(CCCC)CCCC)nc(N(CCCC)C3CC(C)(C)N(OC4CCCCC4)C(C)(C)C3)n2)C2CC(C)(C)N(OC3CCCCC3)C(C)(C)C2)C2CC(C)(C)N(OC3CCCCC3)C(C)(C)C2)n1. The molecule has 0 amide bonds. The first-order valence-electron chi connectivity index (χ1n) is 49.2. The summed E-state index contributed by atoms with van der Waals surface area (Å²) in [6.45, 7) is 60.3. The van der Waals surface area contributed by atoms with Crippen molar-refractivity contribution in [3.8, 4) is 0 Å². The highest BCUT2D eigenvalue weighted by Gasteiger charge is 2.55. The van der Waals surface area contributed by atoms with Gasteiger partial charge in [-0.2, -0.15) is 50.2 Å². The molecule has 4 saturated carbocycles. The number of anilines is 6. The van der Waals surface area contributed by atoms with Gasteiger partial charge in [0.15, 0.2) is 0 Å². The van der Waals surface area contributed by atoms with Gasteiger partial charge < -0.3 is 29.4 Å². The zero-order valence-electron chi connectivity index (χ0n) is 79.2. The molecular formula is C96H178N16O4. The highest BCUT2D eigenvalue weighted by atomic mass is 16.7. The summed E-state index contributed by atoms with van der Waals surface area (Å²) in [5.74, 6) is 5.09. The van der Waals surface area contributed by atoms with Crippen LogP contribution in [-0.4, -0.2) is 195 Å². The minimum Gasteiger partial charge on any atom is -0.341 e. The Kier molecular flexibility index (Phi) is 34.9. The number of hydrogen-bond acceptors (Lipinski definition) is 20. The van der Waals surface area contributed by atoms with Crippen LogP contribution in [0.25, 0.3) is 0 Å². The van der Waals surface area contributed by atoms with Gasteiger partial charge in [-0.25, -0.2) is 0 Å². The van der Waals surface area contributed by atoms with Crippen LogP contribution in [0.4, 0.5) is 35.7 Å². The van der Waals surface area contributed by atoms with Crippen LogP contribution >= 0.6 is 0 Å². The molecule has 0 radical (unpaired) electrons. The zero-order chi connectivity index (χ0) is 83.7. The van der Waals surface area contributed by atoms with Gasteiger partial charge in [0.1, 0.15) is 0 Å². The second-order valence-corrected chi connectivity index (χ2v) is 43.1. The summed E-state index contributed by atoms with van der Waals surface area (Å²) in [5.41, 5.74) is -1.86. The van der Waals surface area contributed by atoms with Crippen LogP contribution in [0.5, 0.6) is 0 Å². The number of hydrogen-bond donors (Lipinski definition) is 0. The Balaban J connectivity index is 1.03. The van der Waals surface area contributed by atoms with E-state index in [1.54, 1.807) is 0 Å². The molecular weight excluding hydrogens is 1440 g/mol. The maximum absolute atomic E-state index is 7.30. The van der Waals surface area contributed by atoms with E-state index in [9.17, 15) is 0 Å². The molecule has 0 unspecified atom stereocenters. The molecule has 116 heavy (non-hydrogen) atoms. The average Bonchev–Trinajstić information content (AvgIpc) is 0.760. The number of unbranched alkanes of at least 4 members (excludes halogenated alkanes) is 9. The predicted molar refractivity (Wildman–Crippen MR) is 485 cm³/mol.